The molecule has 2 amide bonds. The number of allylic oxidation sites excluding steroid dienone is 1. The number of thioether (sulfide) groups is 1. The summed E-state index contributed by atoms with van der Waals surface area (Å²) in [6.07, 6.45) is 9.52. The van der Waals surface area contributed by atoms with E-state index in [1.807, 2.05) is 0 Å². The van der Waals surface area contributed by atoms with Gasteiger partial charge in [0.1, 0.15) is 36.3 Å². The highest BCUT2D eigenvalue weighted by molar-refractivity contribution is 8.13. The molecule has 29 heteroatoms. The highest BCUT2D eigenvalue weighted by atomic mass is 32.2. The molecule has 1 fully saturated rings. The molecule has 0 bridgehead atoms. The van der Waals surface area contributed by atoms with Crippen molar-refractivity contribution < 1.29 is 85.6 Å². The number of aromatic nitrogens is 4. The lowest BCUT2D eigenvalue weighted by Gasteiger charge is -2.30. The van der Waals surface area contributed by atoms with E-state index in [0.717, 1.165) is 80.4 Å². The van der Waals surface area contributed by atoms with Crippen LogP contribution in [-0.4, -0.2) is 134 Å². The summed E-state index contributed by atoms with van der Waals surface area (Å²) in [5.74, 6) is -1.08. The normalized spacial score (nSPS) is 20.6. The fourth-order valence-electron chi connectivity index (χ4n) is 6.72. The number of nitrogens with one attached hydrogen (secondary N) is 2. The largest absolute Gasteiger partial charge is 0.481 e. The Kier molecular flexibility index (Phi) is 25.4. The van der Waals surface area contributed by atoms with E-state index in [1.165, 1.54) is 33.1 Å². The van der Waals surface area contributed by atoms with Crippen molar-refractivity contribution in [2.75, 3.05) is 37.8 Å². The van der Waals surface area contributed by atoms with Crippen LogP contribution in [-0.2, 0) is 50.7 Å². The zero-order chi connectivity index (χ0) is 50.5. The average Bonchev–Trinajstić information content (AvgIpc) is 3.82. The molecule has 2 aromatic heterocycles. The van der Waals surface area contributed by atoms with E-state index in [1.54, 1.807) is 0 Å². The monoisotopic (exact) mass is 1050 g/mol. The maximum Gasteiger partial charge on any atom is 0.481 e. The average molecular weight is 1050 g/mol. The molecule has 25 nitrogen and oxygen atoms in total. The number of aliphatic hydroxyl groups is 3. The van der Waals surface area contributed by atoms with Crippen molar-refractivity contribution in [1.82, 2.24) is 30.2 Å². The van der Waals surface area contributed by atoms with Crippen LogP contribution in [0.15, 0.2) is 24.8 Å². The summed E-state index contributed by atoms with van der Waals surface area (Å²) in [5.41, 5.74) is 4.27. The number of fused-ring (bicyclic) bond motifs is 1. The number of aliphatic hydroxyl groups excluding tert-OH is 3. The highest BCUT2D eigenvalue weighted by Crippen LogP contribution is 2.61. The number of amides is 2. The van der Waals surface area contributed by atoms with Gasteiger partial charge in [-0.25, -0.2) is 28.6 Å². The smallest absolute Gasteiger partial charge is 0.393 e. The molecule has 1 aliphatic rings. The van der Waals surface area contributed by atoms with Crippen molar-refractivity contribution in [3.8, 4) is 0 Å². The zero-order valence-electron chi connectivity index (χ0n) is 38.4. The third kappa shape index (κ3) is 21.7. The molecule has 0 saturated carbocycles. The number of hydrogen-bond donors (Lipinski definition) is 10. The molecule has 1 aliphatic heterocycles. The number of hydrogen-bond acceptors (Lipinski definition) is 19. The van der Waals surface area contributed by atoms with Crippen molar-refractivity contribution in [3.05, 3.63) is 24.8 Å². The topological polar surface area (TPSA) is 384 Å². The molecule has 3 heterocycles. The predicted octanol–water partition coefficient (Wildman–Crippen LogP) is 3.67. The number of carbonyl (C=O) groups is 3. The number of unbranched alkanes of at least 4 members (excludes halogenated alkanes) is 8. The maximum atomic E-state index is 12.7. The number of carbonyl (C=O) groups excluding carboxylic acids is 3. The number of nitrogens with two attached hydrogens (primary N) is 1. The Morgan fingerprint density at radius 2 is 1.62 bits per heavy atom. The van der Waals surface area contributed by atoms with Crippen LogP contribution in [0.4, 0.5) is 5.82 Å². The molecule has 3 unspecified atom stereocenters. The molecule has 11 N–H and O–H groups in total. The highest BCUT2D eigenvalue weighted by Gasteiger charge is 2.50. The number of anilines is 1. The summed E-state index contributed by atoms with van der Waals surface area (Å²) >= 11 is 1.13. The molecule has 388 valence electrons. The third-order valence-corrected chi connectivity index (χ3v) is 14.5. The van der Waals surface area contributed by atoms with Crippen LogP contribution in [0.5, 0.6) is 0 Å². The summed E-state index contributed by atoms with van der Waals surface area (Å²) < 4.78 is 62.4. The van der Waals surface area contributed by atoms with Crippen LogP contribution >= 0.6 is 35.2 Å². The van der Waals surface area contributed by atoms with Gasteiger partial charge in [0.2, 0.25) is 11.8 Å². The van der Waals surface area contributed by atoms with Gasteiger partial charge in [0.05, 0.1) is 25.6 Å². The van der Waals surface area contributed by atoms with Gasteiger partial charge in [-0.1, -0.05) is 89.6 Å². The van der Waals surface area contributed by atoms with Crippen molar-refractivity contribution in [2.24, 2.45) is 5.41 Å². The first kappa shape index (κ1) is 59.6. The Bertz CT molecular complexity index is 2080. The fraction of sp³-hybridized carbons (Fsp3) is 0.744. The maximum absolute atomic E-state index is 12.7. The Morgan fingerprint density at radius 1 is 0.926 bits per heavy atom. The van der Waals surface area contributed by atoms with Crippen molar-refractivity contribution in [1.29, 1.82) is 0 Å². The van der Waals surface area contributed by atoms with Gasteiger partial charge >= 0.3 is 23.5 Å². The van der Waals surface area contributed by atoms with E-state index in [9.17, 15) is 63.0 Å². The zero-order valence-corrected chi connectivity index (χ0v) is 41.9. The first-order valence-corrected chi connectivity index (χ1v) is 27.8. The van der Waals surface area contributed by atoms with Gasteiger partial charge in [-0.15, -0.1) is 0 Å². The summed E-state index contributed by atoms with van der Waals surface area (Å²) in [4.78, 5) is 88.4. The SMILES string of the molecule is CCCCCC[C@@H](O)C/C=C\CCCCCCCC(=O)SCCNC(=O)CCNC(=O)C(O)C(C)(C)COP(=O)(O)OP(=O)(O)OC[C@H]1O[C@@H](n2cnc3c(N)ncnc32)[C@H](O)[C@@H]1OP(=O)(O)O. The minimum atomic E-state index is -5.58. The van der Waals surface area contributed by atoms with Crippen LogP contribution in [0.1, 0.15) is 117 Å². The second-order valence-electron chi connectivity index (χ2n) is 16.8. The van der Waals surface area contributed by atoms with Crippen molar-refractivity contribution in [2.45, 2.75) is 147 Å². The summed E-state index contributed by atoms with van der Waals surface area (Å²) in [5, 5.41) is 36.6. The van der Waals surface area contributed by atoms with Crippen LogP contribution in [0.3, 0.4) is 0 Å². The summed E-state index contributed by atoms with van der Waals surface area (Å²) in [7, 11) is -16.4. The van der Waals surface area contributed by atoms with E-state index in [-0.39, 0.29) is 47.7 Å². The Labute approximate surface area is 399 Å². The van der Waals surface area contributed by atoms with Crippen molar-refractivity contribution >= 4 is 69.1 Å². The second kappa shape index (κ2) is 28.9. The summed E-state index contributed by atoms with van der Waals surface area (Å²) in [6.45, 7) is 2.68. The van der Waals surface area contributed by atoms with Gasteiger partial charge in [0.15, 0.2) is 22.8 Å². The molecule has 8 atom stereocenters. The number of phosphoric ester groups is 3. The Balaban J connectivity index is 1.30. The van der Waals surface area contributed by atoms with E-state index < -0.39 is 84.6 Å². The van der Waals surface area contributed by atoms with Gasteiger partial charge in [-0.05, 0) is 32.1 Å². The number of rotatable bonds is 34. The standard InChI is InChI=1S/C39H68N7O18P3S/c1-4-5-6-13-16-27(47)17-14-11-9-7-8-10-12-15-18-30(49)68-22-21-41-29(48)19-20-42-37(52)34(51)39(2,3)24-61-67(58,59)64-66(56,57)60-23-28-33(63-65(53,54)55)32(50)38(62-28)46-26-45-31-35(40)43-25-44-36(31)46/h11,14,25-28,32-34,38,47,50-51H,4-10,12-13,15-24H2,1-3H3,(H,41,48)(H,42,52)(H,56,57)(H,58,59)(H2,40,43,44)(H2,53,54,55)/b14-11-/t27-,28-,32-,33-,34?,38-/m1/s1. The summed E-state index contributed by atoms with van der Waals surface area (Å²) in [6, 6.07) is 0. The first-order valence-electron chi connectivity index (χ1n) is 22.3. The quantitative estimate of drug-likeness (QED) is 0.0271. The molecule has 2 aromatic rings. The second-order valence-corrected chi connectivity index (χ2v) is 22.2. The number of nitrogens with zero attached hydrogens (tertiary/aromatic N) is 4. The minimum Gasteiger partial charge on any atom is -0.393 e. The Hall–Kier alpha value is -2.74. The number of nitrogen functional groups attached to an aromatic ring is 1. The molecule has 0 spiro atoms. The predicted molar refractivity (Wildman–Crippen MR) is 248 cm³/mol. The van der Waals surface area contributed by atoms with Gasteiger partial charge < -0.3 is 56.0 Å². The molecule has 0 aromatic carbocycles. The van der Waals surface area contributed by atoms with Gasteiger partial charge in [-0.3, -0.25) is 32.5 Å². The van der Waals surface area contributed by atoms with Gasteiger partial charge in [-0.2, -0.15) is 4.31 Å². The van der Waals surface area contributed by atoms with Crippen LogP contribution in [0.2, 0.25) is 0 Å². The van der Waals surface area contributed by atoms with E-state index in [2.05, 4.69) is 53.5 Å². The number of imidazole rings is 1. The lowest BCUT2D eigenvalue weighted by molar-refractivity contribution is -0.137. The Morgan fingerprint density at radius 3 is 2.34 bits per heavy atom. The molecule has 0 aliphatic carbocycles. The fourth-order valence-corrected chi connectivity index (χ4v) is 10.3. The third-order valence-electron chi connectivity index (χ3n) is 10.5. The van der Waals surface area contributed by atoms with E-state index in [4.69, 9.17) is 19.5 Å². The number of phosphoric acid groups is 3. The van der Waals surface area contributed by atoms with Crippen LogP contribution in [0.25, 0.3) is 11.2 Å². The molecule has 0 radical (unpaired) electrons. The first-order chi connectivity index (χ1) is 31.9. The van der Waals surface area contributed by atoms with Crippen molar-refractivity contribution in [3.63, 3.8) is 0 Å². The van der Waals surface area contributed by atoms with Crippen LogP contribution in [0, 0.1) is 5.41 Å². The number of ether oxygens (including phenoxy) is 1. The molecular formula is C39H68N7O18P3S. The molecule has 3 rings (SSSR count). The minimum absolute atomic E-state index is 0.0298. The van der Waals surface area contributed by atoms with Crippen LogP contribution < -0.4 is 16.4 Å². The van der Waals surface area contributed by atoms with E-state index >= 15 is 0 Å². The molecular weight excluding hydrogens is 979 g/mol. The van der Waals surface area contributed by atoms with Gasteiger partial charge in [0, 0.05) is 37.1 Å². The molecule has 68 heavy (non-hydrogen) atoms. The lowest BCUT2D eigenvalue weighted by Crippen LogP contribution is -2.46. The molecule has 1 saturated heterocycles. The van der Waals surface area contributed by atoms with Gasteiger partial charge in [0.25, 0.3) is 0 Å². The van der Waals surface area contributed by atoms with E-state index in [0.29, 0.717) is 18.6 Å². The lowest BCUT2D eigenvalue weighted by atomic mass is 9.87.